The smallest absolute Gasteiger partial charge is 0.318 e. The van der Waals surface area contributed by atoms with Crippen molar-refractivity contribution in [3.05, 3.63) is 23.9 Å². The summed E-state index contributed by atoms with van der Waals surface area (Å²) in [4.78, 5) is 17.0. The summed E-state index contributed by atoms with van der Waals surface area (Å²) < 4.78 is 37.4. The molecule has 2 fully saturated rings. The second-order valence-corrected chi connectivity index (χ2v) is 8.13. The molecule has 1 aliphatic heterocycles. The molecule has 8 heteroatoms. The van der Waals surface area contributed by atoms with E-state index in [1.54, 1.807) is 25.1 Å². The molecule has 132 valence electrons. The minimum Gasteiger partial charge on any atom is -0.465 e. The number of sulfonamides is 1. The van der Waals surface area contributed by atoms with Gasteiger partial charge in [0.25, 0.3) is 0 Å². The normalized spacial score (nSPS) is 20.4. The average molecular weight is 354 g/mol. The number of anilines is 1. The predicted octanol–water partition coefficient (Wildman–Crippen LogP) is 1.60. The van der Waals surface area contributed by atoms with Gasteiger partial charge < -0.3 is 9.47 Å². The molecule has 0 spiro atoms. The molecule has 2 heterocycles. The van der Waals surface area contributed by atoms with Crippen LogP contribution in [-0.2, 0) is 29.7 Å². The summed E-state index contributed by atoms with van der Waals surface area (Å²) in [5.41, 5.74) is -0.352. The lowest BCUT2D eigenvalue weighted by atomic mass is 9.77. The van der Waals surface area contributed by atoms with Crippen LogP contribution in [0, 0.1) is 0 Å². The maximum absolute atomic E-state index is 12.6. The number of hydrogen-bond donors (Lipinski definition) is 1. The van der Waals surface area contributed by atoms with Crippen molar-refractivity contribution in [1.29, 1.82) is 0 Å². The summed E-state index contributed by atoms with van der Waals surface area (Å²) >= 11 is 0. The highest BCUT2D eigenvalue weighted by molar-refractivity contribution is 7.93. The zero-order valence-corrected chi connectivity index (χ0v) is 14.5. The molecule has 0 bridgehead atoms. The van der Waals surface area contributed by atoms with E-state index in [0.29, 0.717) is 44.6 Å². The maximum Gasteiger partial charge on any atom is 0.318 e. The first-order valence-electron chi connectivity index (χ1n) is 8.22. The minimum absolute atomic E-state index is 0.245. The molecule has 0 unspecified atom stereocenters. The predicted molar refractivity (Wildman–Crippen MR) is 88.2 cm³/mol. The quantitative estimate of drug-likeness (QED) is 0.780. The van der Waals surface area contributed by atoms with Gasteiger partial charge in [0.15, 0.2) is 0 Å². The van der Waals surface area contributed by atoms with Crippen LogP contribution in [-0.4, -0.2) is 44.4 Å². The molecule has 1 aliphatic carbocycles. The molecular formula is C16H22N2O5S. The van der Waals surface area contributed by atoms with E-state index in [0.717, 1.165) is 0 Å². The van der Waals surface area contributed by atoms with E-state index >= 15 is 0 Å². The van der Waals surface area contributed by atoms with E-state index in [9.17, 15) is 13.2 Å². The Morgan fingerprint density at radius 1 is 1.38 bits per heavy atom. The Kier molecular flexibility index (Phi) is 4.78. The highest BCUT2D eigenvalue weighted by Crippen LogP contribution is 2.36. The first-order valence-corrected chi connectivity index (χ1v) is 9.77. The molecule has 3 rings (SSSR count). The zero-order chi connectivity index (χ0) is 17.2. The second kappa shape index (κ2) is 6.68. The fraction of sp³-hybridized carbons (Fsp3) is 0.625. The molecular weight excluding hydrogens is 332 g/mol. The van der Waals surface area contributed by atoms with Gasteiger partial charge in [-0.05, 0) is 44.7 Å². The molecule has 0 amide bonds. The van der Waals surface area contributed by atoms with Crippen molar-refractivity contribution in [1.82, 2.24) is 4.98 Å². The molecule has 1 aromatic rings. The summed E-state index contributed by atoms with van der Waals surface area (Å²) in [6.07, 6.45) is 2.30. The number of esters is 1. The summed E-state index contributed by atoms with van der Waals surface area (Å²) in [5.74, 6) is -0.0856. The largest absolute Gasteiger partial charge is 0.465 e. The van der Waals surface area contributed by atoms with E-state index in [-0.39, 0.29) is 23.6 Å². The van der Waals surface area contributed by atoms with Crippen molar-refractivity contribution in [2.45, 2.75) is 43.3 Å². The van der Waals surface area contributed by atoms with Crippen LogP contribution >= 0.6 is 0 Å². The summed E-state index contributed by atoms with van der Waals surface area (Å²) in [5, 5.41) is -0.329. The third kappa shape index (κ3) is 3.39. The Bertz CT molecular complexity index is 709. The topological polar surface area (TPSA) is 94.6 Å². The molecule has 2 aliphatic rings. The number of carbonyl (C=O) groups excluding carboxylic acids is 1. The minimum atomic E-state index is -3.39. The van der Waals surface area contributed by atoms with Crippen molar-refractivity contribution in [2.24, 2.45) is 0 Å². The third-order valence-corrected chi connectivity index (χ3v) is 6.30. The van der Waals surface area contributed by atoms with Gasteiger partial charge in [-0.25, -0.2) is 13.4 Å². The van der Waals surface area contributed by atoms with Gasteiger partial charge in [0.2, 0.25) is 10.0 Å². The number of aromatic nitrogens is 1. The molecule has 1 saturated heterocycles. The first-order chi connectivity index (χ1) is 11.5. The van der Waals surface area contributed by atoms with Gasteiger partial charge in [0, 0.05) is 13.2 Å². The fourth-order valence-corrected chi connectivity index (χ4v) is 4.25. The highest BCUT2D eigenvalue weighted by Gasteiger charge is 2.45. The molecule has 0 aromatic carbocycles. The van der Waals surface area contributed by atoms with Crippen LogP contribution in [0.3, 0.4) is 0 Å². The number of nitrogens with zero attached hydrogens (tertiary/aromatic N) is 1. The number of carbonyl (C=O) groups is 1. The van der Waals surface area contributed by atoms with E-state index in [4.69, 9.17) is 9.47 Å². The molecule has 1 N–H and O–H groups in total. The van der Waals surface area contributed by atoms with Crippen molar-refractivity contribution in [3.63, 3.8) is 0 Å². The molecule has 0 atom stereocenters. The summed E-state index contributed by atoms with van der Waals surface area (Å²) in [7, 11) is -3.39. The Labute approximate surface area is 141 Å². The number of rotatable bonds is 6. The van der Waals surface area contributed by atoms with Gasteiger partial charge >= 0.3 is 5.97 Å². The summed E-state index contributed by atoms with van der Waals surface area (Å²) in [6, 6.07) is 5.06. The van der Waals surface area contributed by atoms with Gasteiger partial charge in [-0.1, -0.05) is 6.07 Å². The van der Waals surface area contributed by atoms with Gasteiger partial charge in [-0.2, -0.15) is 0 Å². The van der Waals surface area contributed by atoms with Crippen molar-refractivity contribution in [2.75, 3.05) is 24.5 Å². The van der Waals surface area contributed by atoms with Gasteiger partial charge in [-0.3, -0.25) is 9.52 Å². The second-order valence-electron chi connectivity index (χ2n) is 6.17. The Hall–Kier alpha value is -1.67. The fourth-order valence-electron chi connectivity index (χ4n) is 2.92. The van der Waals surface area contributed by atoms with E-state index in [1.807, 2.05) is 0 Å². The molecule has 0 radical (unpaired) electrons. The lowest BCUT2D eigenvalue weighted by Gasteiger charge is -2.34. The van der Waals surface area contributed by atoms with Crippen molar-refractivity contribution in [3.8, 4) is 0 Å². The number of pyridine rings is 1. The third-order valence-electron chi connectivity index (χ3n) is 4.46. The first kappa shape index (κ1) is 17.2. The lowest BCUT2D eigenvalue weighted by molar-refractivity contribution is -0.154. The maximum atomic E-state index is 12.6. The van der Waals surface area contributed by atoms with Crippen LogP contribution < -0.4 is 4.72 Å². The molecule has 1 saturated carbocycles. The lowest BCUT2D eigenvalue weighted by Crippen LogP contribution is -2.43. The van der Waals surface area contributed by atoms with E-state index < -0.39 is 15.4 Å². The number of nitrogens with one attached hydrogen (secondary N) is 1. The average Bonchev–Trinajstić information content (AvgIpc) is 3.41. The van der Waals surface area contributed by atoms with Crippen molar-refractivity contribution >= 4 is 21.8 Å². The Balaban J connectivity index is 1.90. The monoisotopic (exact) mass is 354 g/mol. The summed E-state index contributed by atoms with van der Waals surface area (Å²) in [6.45, 7) is 2.94. The zero-order valence-electron chi connectivity index (χ0n) is 13.7. The van der Waals surface area contributed by atoms with Crippen molar-refractivity contribution < 1.29 is 22.7 Å². The standard InChI is InChI=1S/C16H22N2O5S/c1-2-23-15(19)16(8-10-22-11-9-16)13-4-3-5-14(17-13)18-24(20,21)12-6-7-12/h3-5,12H,2,6-11H2,1H3,(H,17,18). The van der Waals surface area contributed by atoms with E-state index in [1.165, 1.54) is 0 Å². The van der Waals surface area contributed by atoms with Gasteiger partial charge in [0.1, 0.15) is 11.2 Å². The Morgan fingerprint density at radius 2 is 2.08 bits per heavy atom. The number of ether oxygens (including phenoxy) is 2. The van der Waals surface area contributed by atoms with Crippen LogP contribution in [0.5, 0.6) is 0 Å². The molecule has 24 heavy (non-hydrogen) atoms. The van der Waals surface area contributed by atoms with Crippen LogP contribution in [0.25, 0.3) is 0 Å². The highest BCUT2D eigenvalue weighted by atomic mass is 32.2. The van der Waals surface area contributed by atoms with Crippen LogP contribution in [0.15, 0.2) is 18.2 Å². The van der Waals surface area contributed by atoms with Crippen LogP contribution in [0.1, 0.15) is 38.3 Å². The molecule has 1 aromatic heterocycles. The SMILES string of the molecule is CCOC(=O)C1(c2cccc(NS(=O)(=O)C3CC3)n2)CCOCC1. The van der Waals surface area contributed by atoms with Gasteiger partial charge in [-0.15, -0.1) is 0 Å². The van der Waals surface area contributed by atoms with Gasteiger partial charge in [0.05, 0.1) is 17.6 Å². The molecule has 7 nitrogen and oxygen atoms in total. The van der Waals surface area contributed by atoms with Crippen LogP contribution in [0.2, 0.25) is 0 Å². The number of hydrogen-bond acceptors (Lipinski definition) is 6. The van der Waals surface area contributed by atoms with Crippen LogP contribution in [0.4, 0.5) is 5.82 Å². The van der Waals surface area contributed by atoms with E-state index in [2.05, 4.69) is 9.71 Å². The Morgan fingerprint density at radius 3 is 2.71 bits per heavy atom.